The van der Waals surface area contributed by atoms with E-state index in [4.69, 9.17) is 4.74 Å². The van der Waals surface area contributed by atoms with E-state index in [1.54, 1.807) is 24.3 Å². The highest BCUT2D eigenvalue weighted by Gasteiger charge is 2.15. The highest BCUT2D eigenvalue weighted by molar-refractivity contribution is 6.01. The summed E-state index contributed by atoms with van der Waals surface area (Å²) in [6.45, 7) is 0.0808. The molecule has 0 saturated carbocycles. The summed E-state index contributed by atoms with van der Waals surface area (Å²) < 4.78 is 20.1. The zero-order valence-corrected chi connectivity index (χ0v) is 16.4. The molecular formula is C23H19FN4O3. The number of rotatable bonds is 7. The lowest BCUT2D eigenvalue weighted by Crippen LogP contribution is -2.15. The minimum atomic E-state index is -0.907. The molecule has 4 aromatic rings. The van der Waals surface area contributed by atoms with Crippen molar-refractivity contribution in [2.24, 2.45) is 0 Å². The van der Waals surface area contributed by atoms with Crippen LogP contribution in [0.3, 0.4) is 0 Å². The molecule has 1 atom stereocenters. The Hall–Kier alpha value is -4.04. The number of amides is 1. The van der Waals surface area contributed by atoms with Crippen molar-refractivity contribution >= 4 is 11.6 Å². The number of hydrogen-bond acceptors (Lipinski definition) is 5. The normalized spacial score (nSPS) is 11.7. The lowest BCUT2D eigenvalue weighted by Gasteiger charge is -2.10. The lowest BCUT2D eigenvalue weighted by atomic mass is 10.1. The molecule has 0 aliphatic rings. The maximum Gasteiger partial charge on any atom is 0.295 e. The van der Waals surface area contributed by atoms with Gasteiger partial charge in [0, 0.05) is 5.69 Å². The number of ether oxygens (including phenoxy) is 1. The van der Waals surface area contributed by atoms with E-state index in [0.29, 0.717) is 17.0 Å². The molecule has 1 aromatic heterocycles. The number of nitrogens with zero attached hydrogens (tertiary/aromatic N) is 3. The van der Waals surface area contributed by atoms with Gasteiger partial charge in [0.1, 0.15) is 23.6 Å². The zero-order chi connectivity index (χ0) is 21.6. The van der Waals surface area contributed by atoms with Crippen molar-refractivity contribution in [3.8, 4) is 11.5 Å². The predicted octanol–water partition coefficient (Wildman–Crippen LogP) is 4.20. The Morgan fingerprint density at radius 1 is 1.00 bits per heavy atom. The van der Waals surface area contributed by atoms with Crippen LogP contribution in [0.2, 0.25) is 0 Å². The first-order valence-corrected chi connectivity index (χ1v) is 9.54. The number of carbonyl (C=O) groups is 1. The van der Waals surface area contributed by atoms with Gasteiger partial charge in [0.05, 0.1) is 12.6 Å². The van der Waals surface area contributed by atoms with Gasteiger partial charge in [0.25, 0.3) is 5.91 Å². The largest absolute Gasteiger partial charge is 0.457 e. The Morgan fingerprint density at radius 3 is 2.39 bits per heavy atom. The van der Waals surface area contributed by atoms with Crippen molar-refractivity contribution < 1.29 is 19.0 Å². The summed E-state index contributed by atoms with van der Waals surface area (Å²) in [4.78, 5) is 16.4. The maximum atomic E-state index is 13.0. The number of aromatic nitrogens is 3. The van der Waals surface area contributed by atoms with E-state index in [2.05, 4.69) is 15.4 Å². The molecule has 1 heterocycles. The summed E-state index contributed by atoms with van der Waals surface area (Å²) in [5.74, 6) is 0.469. The molecule has 1 amide bonds. The van der Waals surface area contributed by atoms with Gasteiger partial charge in [-0.25, -0.2) is 14.1 Å². The van der Waals surface area contributed by atoms with Gasteiger partial charge in [-0.2, -0.15) is 0 Å². The molecule has 0 aliphatic heterocycles. The van der Waals surface area contributed by atoms with E-state index in [1.807, 2.05) is 30.3 Å². The van der Waals surface area contributed by atoms with E-state index in [-0.39, 0.29) is 18.2 Å². The Kier molecular flexibility index (Phi) is 6.00. The summed E-state index contributed by atoms with van der Waals surface area (Å²) in [7, 11) is 0. The van der Waals surface area contributed by atoms with Crippen LogP contribution in [0.15, 0.2) is 85.2 Å². The fourth-order valence-electron chi connectivity index (χ4n) is 2.87. The Labute approximate surface area is 177 Å². The van der Waals surface area contributed by atoms with E-state index < -0.39 is 12.0 Å². The van der Waals surface area contributed by atoms with Crippen LogP contribution in [0.25, 0.3) is 0 Å². The van der Waals surface area contributed by atoms with E-state index >= 15 is 0 Å². The van der Waals surface area contributed by atoms with Crippen LogP contribution in [0.4, 0.5) is 10.1 Å². The highest BCUT2D eigenvalue weighted by atomic mass is 19.1. The summed E-state index contributed by atoms with van der Waals surface area (Å²) in [6.07, 6.45) is 0.453. The third-order valence-corrected chi connectivity index (χ3v) is 4.45. The summed E-state index contributed by atoms with van der Waals surface area (Å²) in [6, 6.07) is 21.8. The molecule has 0 spiro atoms. The van der Waals surface area contributed by atoms with Crippen molar-refractivity contribution in [3.05, 3.63) is 102 Å². The molecule has 3 aromatic carbocycles. The van der Waals surface area contributed by atoms with Crippen molar-refractivity contribution in [3.63, 3.8) is 0 Å². The minimum Gasteiger partial charge on any atom is -0.457 e. The fourth-order valence-corrected chi connectivity index (χ4v) is 2.87. The van der Waals surface area contributed by atoms with Gasteiger partial charge in [-0.1, -0.05) is 30.3 Å². The Balaban J connectivity index is 1.34. The third kappa shape index (κ3) is 5.31. The van der Waals surface area contributed by atoms with Gasteiger partial charge in [0.15, 0.2) is 0 Å². The van der Waals surface area contributed by atoms with Gasteiger partial charge in [-0.05, 0) is 54.1 Å². The van der Waals surface area contributed by atoms with Crippen LogP contribution in [0, 0.1) is 5.82 Å². The van der Waals surface area contributed by atoms with Crippen molar-refractivity contribution in [1.29, 1.82) is 0 Å². The summed E-state index contributed by atoms with van der Waals surface area (Å²) in [5.41, 5.74) is 1.11. The van der Waals surface area contributed by atoms with Gasteiger partial charge in [0.2, 0.25) is 5.82 Å². The van der Waals surface area contributed by atoms with Crippen LogP contribution < -0.4 is 10.1 Å². The number of benzene rings is 3. The first-order chi connectivity index (χ1) is 15.1. The molecule has 4 rings (SSSR count). The molecule has 0 fully saturated rings. The second-order valence-corrected chi connectivity index (χ2v) is 6.75. The molecule has 1 unspecified atom stereocenters. The molecule has 0 radical (unpaired) electrons. The topological polar surface area (TPSA) is 89.3 Å². The number of anilines is 1. The van der Waals surface area contributed by atoms with Crippen molar-refractivity contribution in [2.45, 2.75) is 12.6 Å². The maximum absolute atomic E-state index is 13.0. The van der Waals surface area contributed by atoms with E-state index in [0.717, 1.165) is 5.75 Å². The molecule has 0 saturated heterocycles. The first kappa shape index (κ1) is 20.2. The molecular weight excluding hydrogens is 399 g/mol. The minimum absolute atomic E-state index is 0.0316. The SMILES string of the molecule is O=C(Nc1ccc(Oc2ccccc2)cc1)c1ncn(CC(O)c2ccc(F)cc2)n1. The first-order valence-electron chi connectivity index (χ1n) is 9.54. The van der Waals surface area contributed by atoms with E-state index in [1.165, 1.54) is 35.3 Å². The second-order valence-electron chi connectivity index (χ2n) is 6.75. The molecule has 0 bridgehead atoms. The predicted molar refractivity (Wildman–Crippen MR) is 112 cm³/mol. The summed E-state index contributed by atoms with van der Waals surface area (Å²) >= 11 is 0. The molecule has 7 nitrogen and oxygen atoms in total. The number of aliphatic hydroxyl groups is 1. The van der Waals surface area contributed by atoms with Crippen molar-refractivity contribution in [1.82, 2.24) is 14.8 Å². The monoisotopic (exact) mass is 418 g/mol. The fraction of sp³-hybridized carbons (Fsp3) is 0.0870. The van der Waals surface area contributed by atoms with Crippen LogP contribution >= 0.6 is 0 Å². The number of carbonyl (C=O) groups excluding carboxylic acids is 1. The van der Waals surface area contributed by atoms with Crippen LogP contribution in [0.5, 0.6) is 11.5 Å². The van der Waals surface area contributed by atoms with Gasteiger partial charge >= 0.3 is 0 Å². The number of aliphatic hydroxyl groups excluding tert-OH is 1. The summed E-state index contributed by atoms with van der Waals surface area (Å²) in [5, 5.41) is 17.1. The van der Waals surface area contributed by atoms with E-state index in [9.17, 15) is 14.3 Å². The quantitative estimate of drug-likeness (QED) is 0.470. The highest BCUT2D eigenvalue weighted by Crippen LogP contribution is 2.22. The Bertz CT molecular complexity index is 1150. The molecule has 8 heteroatoms. The lowest BCUT2D eigenvalue weighted by molar-refractivity contribution is 0.101. The van der Waals surface area contributed by atoms with Crippen molar-refractivity contribution in [2.75, 3.05) is 5.32 Å². The van der Waals surface area contributed by atoms with Crippen LogP contribution in [-0.4, -0.2) is 25.8 Å². The number of hydrogen-bond donors (Lipinski definition) is 2. The van der Waals surface area contributed by atoms with Gasteiger partial charge in [-0.15, -0.1) is 5.10 Å². The molecule has 156 valence electrons. The standard InChI is InChI=1S/C23H19FN4O3/c24-17-8-6-16(7-9-17)21(29)14-28-15-25-22(27-28)23(30)26-18-10-12-20(13-11-18)31-19-4-2-1-3-5-19/h1-13,15,21,29H,14H2,(H,26,30). The average molecular weight is 418 g/mol. The number of nitrogens with one attached hydrogen (secondary N) is 1. The van der Waals surface area contributed by atoms with Gasteiger partial charge < -0.3 is 15.2 Å². The second kappa shape index (κ2) is 9.19. The smallest absolute Gasteiger partial charge is 0.295 e. The number of para-hydroxylation sites is 1. The molecule has 2 N–H and O–H groups in total. The van der Waals surface area contributed by atoms with Crippen LogP contribution in [0.1, 0.15) is 22.3 Å². The molecule has 31 heavy (non-hydrogen) atoms. The zero-order valence-electron chi connectivity index (χ0n) is 16.4. The average Bonchev–Trinajstić information content (AvgIpc) is 3.25. The third-order valence-electron chi connectivity index (χ3n) is 4.45. The molecule has 0 aliphatic carbocycles. The Morgan fingerprint density at radius 2 is 1.68 bits per heavy atom. The van der Waals surface area contributed by atoms with Crippen LogP contribution in [-0.2, 0) is 6.54 Å². The number of halogens is 1. The van der Waals surface area contributed by atoms with Gasteiger partial charge in [-0.3, -0.25) is 4.79 Å².